The summed E-state index contributed by atoms with van der Waals surface area (Å²) in [6, 6.07) is 0.665. The van der Waals surface area contributed by atoms with Crippen molar-refractivity contribution in [1.82, 2.24) is 4.98 Å². The number of ether oxygens (including phenoxy) is 1. The van der Waals surface area contributed by atoms with E-state index in [9.17, 15) is 13.2 Å². The molecular formula is C6H4F3NO. The fourth-order valence-corrected chi connectivity index (χ4v) is 0.597. The molecule has 0 radical (unpaired) electrons. The van der Waals surface area contributed by atoms with Gasteiger partial charge in [0, 0.05) is 6.07 Å². The maximum atomic E-state index is 12.5. The number of nitrogens with zero attached hydrogens (tertiary/aromatic N) is 1. The van der Waals surface area contributed by atoms with Gasteiger partial charge in [0.25, 0.3) is 5.95 Å². The Morgan fingerprint density at radius 3 is 2.55 bits per heavy atom. The van der Waals surface area contributed by atoms with Crippen LogP contribution in [0, 0.1) is 17.7 Å². The minimum Gasteiger partial charge on any atom is -0.493 e. The van der Waals surface area contributed by atoms with Gasteiger partial charge in [0.1, 0.15) is 0 Å². The summed E-state index contributed by atoms with van der Waals surface area (Å²) in [5, 5.41) is 0. The zero-order valence-electron chi connectivity index (χ0n) is 5.57. The number of halogens is 3. The molecule has 60 valence electrons. The molecule has 2 nitrogen and oxygen atoms in total. The second kappa shape index (κ2) is 2.77. The van der Waals surface area contributed by atoms with Gasteiger partial charge < -0.3 is 4.74 Å². The van der Waals surface area contributed by atoms with E-state index < -0.39 is 23.5 Å². The van der Waals surface area contributed by atoms with Crippen LogP contribution in [0.3, 0.4) is 0 Å². The molecule has 1 heterocycles. The summed E-state index contributed by atoms with van der Waals surface area (Å²) in [4.78, 5) is 2.59. The Kier molecular flexibility index (Phi) is 1.98. The molecule has 0 unspecified atom stereocenters. The van der Waals surface area contributed by atoms with E-state index in [2.05, 4.69) is 9.72 Å². The summed E-state index contributed by atoms with van der Waals surface area (Å²) in [5.41, 5.74) is 0. The molecule has 5 heteroatoms. The van der Waals surface area contributed by atoms with Crippen molar-refractivity contribution in [3.05, 3.63) is 23.8 Å². The predicted molar refractivity (Wildman–Crippen MR) is 30.7 cm³/mol. The Bertz CT molecular complexity index is 277. The van der Waals surface area contributed by atoms with E-state index in [0.717, 1.165) is 7.11 Å². The maximum Gasteiger partial charge on any atom is 0.255 e. The lowest BCUT2D eigenvalue weighted by molar-refractivity contribution is 0.354. The summed E-state index contributed by atoms with van der Waals surface area (Å²) in [6.45, 7) is 0. The van der Waals surface area contributed by atoms with Crippen molar-refractivity contribution in [2.75, 3.05) is 7.11 Å². The predicted octanol–water partition coefficient (Wildman–Crippen LogP) is 1.51. The lowest BCUT2D eigenvalue weighted by Crippen LogP contribution is -1.97. The number of pyridine rings is 1. The Hall–Kier alpha value is -1.26. The first kappa shape index (κ1) is 7.84. The van der Waals surface area contributed by atoms with Gasteiger partial charge in [0.05, 0.1) is 7.11 Å². The molecule has 0 amide bonds. The average Bonchev–Trinajstić information content (AvgIpc) is 1.96. The van der Waals surface area contributed by atoms with Gasteiger partial charge in [-0.25, -0.2) is 0 Å². The van der Waals surface area contributed by atoms with Crippen LogP contribution in [0.15, 0.2) is 6.07 Å². The summed E-state index contributed by atoms with van der Waals surface area (Å²) in [5.74, 6) is -4.38. The fraction of sp³-hybridized carbons (Fsp3) is 0.167. The highest BCUT2D eigenvalue weighted by atomic mass is 19.2. The average molecular weight is 163 g/mol. The van der Waals surface area contributed by atoms with Crippen LogP contribution in [0.4, 0.5) is 13.2 Å². The van der Waals surface area contributed by atoms with Crippen molar-refractivity contribution in [1.29, 1.82) is 0 Å². The van der Waals surface area contributed by atoms with E-state index in [1.54, 1.807) is 0 Å². The van der Waals surface area contributed by atoms with E-state index in [4.69, 9.17) is 0 Å². The minimum absolute atomic E-state index is 0.491. The van der Waals surface area contributed by atoms with Crippen molar-refractivity contribution in [2.24, 2.45) is 0 Å². The SMILES string of the molecule is COc1cc(F)nc(F)c1F. The fourth-order valence-electron chi connectivity index (χ4n) is 0.597. The first-order valence-corrected chi connectivity index (χ1v) is 2.70. The quantitative estimate of drug-likeness (QED) is 0.585. The van der Waals surface area contributed by atoms with Crippen LogP contribution in [-0.2, 0) is 0 Å². The molecule has 1 aromatic heterocycles. The Morgan fingerprint density at radius 2 is 2.00 bits per heavy atom. The Morgan fingerprint density at radius 1 is 1.36 bits per heavy atom. The number of hydrogen-bond acceptors (Lipinski definition) is 2. The topological polar surface area (TPSA) is 22.1 Å². The highest BCUT2D eigenvalue weighted by Gasteiger charge is 2.11. The lowest BCUT2D eigenvalue weighted by Gasteiger charge is -2.00. The number of aromatic nitrogens is 1. The van der Waals surface area contributed by atoms with Crippen molar-refractivity contribution < 1.29 is 17.9 Å². The molecule has 0 saturated heterocycles. The molecule has 0 aliphatic rings. The third-order valence-corrected chi connectivity index (χ3v) is 1.07. The van der Waals surface area contributed by atoms with Gasteiger partial charge in [0.2, 0.25) is 11.8 Å². The molecular weight excluding hydrogens is 159 g/mol. The van der Waals surface area contributed by atoms with Gasteiger partial charge in [-0.3, -0.25) is 0 Å². The molecule has 0 saturated carbocycles. The molecule has 0 N–H and O–H groups in total. The molecule has 0 bridgehead atoms. The minimum atomic E-state index is -1.50. The Labute approximate surface area is 60.6 Å². The standard InChI is InChI=1S/C6H4F3NO/c1-11-3-2-4(7)10-6(9)5(3)8/h2H,1H3. The van der Waals surface area contributed by atoms with E-state index in [-0.39, 0.29) is 0 Å². The summed E-state index contributed by atoms with van der Waals surface area (Å²) < 4.78 is 41.2. The Balaban J connectivity index is 3.24. The molecule has 0 aromatic carbocycles. The number of rotatable bonds is 1. The number of hydrogen-bond donors (Lipinski definition) is 0. The summed E-state index contributed by atoms with van der Waals surface area (Å²) >= 11 is 0. The van der Waals surface area contributed by atoms with Gasteiger partial charge in [-0.2, -0.15) is 18.2 Å². The molecule has 11 heavy (non-hydrogen) atoms. The third-order valence-electron chi connectivity index (χ3n) is 1.07. The van der Waals surface area contributed by atoms with Crippen molar-refractivity contribution in [2.45, 2.75) is 0 Å². The normalized spacial score (nSPS) is 9.82. The van der Waals surface area contributed by atoms with Gasteiger partial charge in [-0.1, -0.05) is 0 Å². The van der Waals surface area contributed by atoms with E-state index >= 15 is 0 Å². The van der Waals surface area contributed by atoms with Crippen LogP contribution in [-0.4, -0.2) is 12.1 Å². The third kappa shape index (κ3) is 1.42. The summed E-state index contributed by atoms with van der Waals surface area (Å²) in [7, 11) is 1.11. The van der Waals surface area contributed by atoms with E-state index in [1.807, 2.05) is 0 Å². The molecule has 0 aliphatic heterocycles. The van der Waals surface area contributed by atoms with E-state index in [0.29, 0.717) is 6.07 Å². The van der Waals surface area contributed by atoms with Crippen molar-refractivity contribution in [3.63, 3.8) is 0 Å². The van der Waals surface area contributed by atoms with Crippen molar-refractivity contribution in [3.8, 4) is 5.75 Å². The van der Waals surface area contributed by atoms with Crippen molar-refractivity contribution >= 4 is 0 Å². The second-order valence-electron chi connectivity index (χ2n) is 1.75. The summed E-state index contributed by atoms with van der Waals surface area (Å²) in [6.07, 6.45) is 0. The molecule has 1 rings (SSSR count). The van der Waals surface area contributed by atoms with Gasteiger partial charge in [-0.05, 0) is 0 Å². The van der Waals surface area contributed by atoms with Crippen LogP contribution in [0.25, 0.3) is 0 Å². The number of methoxy groups -OCH3 is 1. The first-order valence-electron chi connectivity index (χ1n) is 2.70. The lowest BCUT2D eigenvalue weighted by atomic mass is 10.4. The van der Waals surface area contributed by atoms with E-state index in [1.165, 1.54) is 0 Å². The smallest absolute Gasteiger partial charge is 0.255 e. The highest BCUT2D eigenvalue weighted by molar-refractivity contribution is 5.21. The largest absolute Gasteiger partial charge is 0.493 e. The van der Waals surface area contributed by atoms with Crippen LogP contribution in [0.2, 0.25) is 0 Å². The van der Waals surface area contributed by atoms with Gasteiger partial charge >= 0.3 is 0 Å². The van der Waals surface area contributed by atoms with Crippen LogP contribution >= 0.6 is 0 Å². The molecule has 0 aliphatic carbocycles. The first-order chi connectivity index (χ1) is 5.15. The molecule has 0 spiro atoms. The zero-order chi connectivity index (χ0) is 8.43. The maximum absolute atomic E-state index is 12.5. The van der Waals surface area contributed by atoms with Crippen LogP contribution in [0.5, 0.6) is 5.75 Å². The second-order valence-corrected chi connectivity index (χ2v) is 1.75. The van der Waals surface area contributed by atoms with Crippen LogP contribution in [0.1, 0.15) is 0 Å². The monoisotopic (exact) mass is 163 g/mol. The molecule has 0 atom stereocenters. The zero-order valence-corrected chi connectivity index (χ0v) is 5.57. The van der Waals surface area contributed by atoms with Crippen LogP contribution < -0.4 is 4.74 Å². The highest BCUT2D eigenvalue weighted by Crippen LogP contribution is 2.17. The van der Waals surface area contributed by atoms with Gasteiger partial charge in [0.15, 0.2) is 5.75 Å². The molecule has 0 fully saturated rings. The van der Waals surface area contributed by atoms with Gasteiger partial charge in [-0.15, -0.1) is 0 Å². The molecule has 1 aromatic rings.